The standard InChI is InChI=1S/C21H25N3O2/c1-24-15-20(14-23-24)19-10-18(13-22-8-9-25-2)11-21(12-19)26-16-17-6-4-3-5-7-17/h3-7,10-12,14-15,22H,8-9,13,16H2,1-2H3. The summed E-state index contributed by atoms with van der Waals surface area (Å²) < 4.78 is 12.9. The number of hydrogen-bond acceptors (Lipinski definition) is 4. The smallest absolute Gasteiger partial charge is 0.120 e. The van der Waals surface area contributed by atoms with E-state index < -0.39 is 0 Å². The van der Waals surface area contributed by atoms with E-state index in [9.17, 15) is 0 Å². The third-order valence-electron chi connectivity index (χ3n) is 4.06. The van der Waals surface area contributed by atoms with Gasteiger partial charge in [0.1, 0.15) is 12.4 Å². The van der Waals surface area contributed by atoms with Gasteiger partial charge in [0.05, 0.1) is 12.8 Å². The normalized spacial score (nSPS) is 10.8. The Bertz CT molecular complexity index is 815. The summed E-state index contributed by atoms with van der Waals surface area (Å²) in [6.07, 6.45) is 3.89. The summed E-state index contributed by atoms with van der Waals surface area (Å²) in [5.74, 6) is 0.860. The molecule has 1 N–H and O–H groups in total. The molecule has 0 fully saturated rings. The minimum absolute atomic E-state index is 0.549. The zero-order valence-corrected chi connectivity index (χ0v) is 15.3. The number of rotatable bonds is 9. The van der Waals surface area contributed by atoms with Gasteiger partial charge in [-0.3, -0.25) is 4.68 Å². The molecule has 1 aromatic heterocycles. The molecule has 0 aliphatic heterocycles. The van der Waals surface area contributed by atoms with E-state index in [1.54, 1.807) is 7.11 Å². The van der Waals surface area contributed by atoms with Crippen molar-refractivity contribution < 1.29 is 9.47 Å². The molecule has 1 heterocycles. The fraction of sp³-hybridized carbons (Fsp3) is 0.286. The monoisotopic (exact) mass is 351 g/mol. The van der Waals surface area contributed by atoms with Crippen molar-refractivity contribution in [1.82, 2.24) is 15.1 Å². The molecule has 3 rings (SSSR count). The van der Waals surface area contributed by atoms with Crippen LogP contribution in [0.15, 0.2) is 60.9 Å². The maximum absolute atomic E-state index is 6.05. The summed E-state index contributed by atoms with van der Waals surface area (Å²) >= 11 is 0. The van der Waals surface area contributed by atoms with Crippen molar-refractivity contribution in [3.05, 3.63) is 72.1 Å². The molecule has 0 aliphatic rings. The summed E-state index contributed by atoms with van der Waals surface area (Å²) in [5.41, 5.74) is 4.51. The maximum atomic E-state index is 6.05. The third kappa shape index (κ3) is 5.18. The number of aromatic nitrogens is 2. The Balaban J connectivity index is 1.77. The molecule has 0 unspecified atom stereocenters. The molecule has 26 heavy (non-hydrogen) atoms. The SMILES string of the molecule is COCCNCc1cc(OCc2ccccc2)cc(-c2cnn(C)c2)c1. The van der Waals surface area contributed by atoms with Crippen molar-refractivity contribution >= 4 is 0 Å². The molecule has 0 aliphatic carbocycles. The first-order chi connectivity index (χ1) is 12.7. The molecule has 0 atom stereocenters. The minimum atomic E-state index is 0.549. The first-order valence-corrected chi connectivity index (χ1v) is 8.74. The van der Waals surface area contributed by atoms with E-state index in [4.69, 9.17) is 9.47 Å². The highest BCUT2D eigenvalue weighted by Gasteiger charge is 2.07. The van der Waals surface area contributed by atoms with Crippen LogP contribution in [0.25, 0.3) is 11.1 Å². The lowest BCUT2D eigenvalue weighted by atomic mass is 10.1. The number of nitrogens with one attached hydrogen (secondary N) is 1. The molecule has 0 spiro atoms. The van der Waals surface area contributed by atoms with Gasteiger partial charge in [-0.05, 0) is 34.9 Å². The zero-order valence-electron chi connectivity index (χ0n) is 15.3. The molecule has 0 radical (unpaired) electrons. The highest BCUT2D eigenvalue weighted by atomic mass is 16.5. The number of nitrogens with zero attached hydrogens (tertiary/aromatic N) is 2. The Morgan fingerprint density at radius 2 is 1.88 bits per heavy atom. The number of aryl methyl sites for hydroxylation is 1. The van der Waals surface area contributed by atoms with Crippen molar-refractivity contribution in [2.45, 2.75) is 13.2 Å². The lowest BCUT2D eigenvalue weighted by Gasteiger charge is -2.12. The van der Waals surface area contributed by atoms with E-state index in [2.05, 4.69) is 40.7 Å². The van der Waals surface area contributed by atoms with Crippen LogP contribution in [0.2, 0.25) is 0 Å². The number of hydrogen-bond donors (Lipinski definition) is 1. The highest BCUT2D eigenvalue weighted by molar-refractivity contribution is 5.64. The number of benzene rings is 2. The van der Waals surface area contributed by atoms with E-state index in [-0.39, 0.29) is 0 Å². The summed E-state index contributed by atoms with van der Waals surface area (Å²) in [4.78, 5) is 0. The predicted octanol–water partition coefficient (Wildman–Crippen LogP) is 3.40. The van der Waals surface area contributed by atoms with E-state index >= 15 is 0 Å². The van der Waals surface area contributed by atoms with E-state index in [1.165, 1.54) is 5.56 Å². The minimum Gasteiger partial charge on any atom is -0.489 e. The van der Waals surface area contributed by atoms with Crippen LogP contribution < -0.4 is 10.1 Å². The van der Waals surface area contributed by atoms with Crippen molar-refractivity contribution in [2.75, 3.05) is 20.3 Å². The van der Waals surface area contributed by atoms with Gasteiger partial charge in [-0.1, -0.05) is 30.3 Å². The second kappa shape index (κ2) is 9.17. The molecule has 5 nitrogen and oxygen atoms in total. The molecule has 0 amide bonds. The quantitative estimate of drug-likeness (QED) is 0.600. The number of ether oxygens (including phenoxy) is 2. The lowest BCUT2D eigenvalue weighted by Crippen LogP contribution is -2.18. The summed E-state index contributed by atoms with van der Waals surface area (Å²) in [5, 5.41) is 7.66. The first-order valence-electron chi connectivity index (χ1n) is 8.74. The second-order valence-electron chi connectivity index (χ2n) is 6.21. The Kier molecular flexibility index (Phi) is 6.41. The molecular formula is C21H25N3O2. The molecule has 0 saturated heterocycles. The molecule has 2 aromatic carbocycles. The van der Waals surface area contributed by atoms with Crippen LogP contribution in [0.5, 0.6) is 5.75 Å². The summed E-state index contributed by atoms with van der Waals surface area (Å²) in [6.45, 7) is 2.82. The summed E-state index contributed by atoms with van der Waals surface area (Å²) in [6, 6.07) is 16.5. The van der Waals surface area contributed by atoms with Crippen LogP contribution in [0.1, 0.15) is 11.1 Å². The van der Waals surface area contributed by atoms with Crippen LogP contribution in [-0.4, -0.2) is 30.0 Å². The molecular weight excluding hydrogens is 326 g/mol. The maximum Gasteiger partial charge on any atom is 0.120 e. The van der Waals surface area contributed by atoms with Crippen molar-refractivity contribution in [1.29, 1.82) is 0 Å². The molecule has 3 aromatic rings. The first kappa shape index (κ1) is 18.2. The van der Waals surface area contributed by atoms with Crippen molar-refractivity contribution in [3.8, 4) is 16.9 Å². The Labute approximate surface area is 154 Å². The van der Waals surface area contributed by atoms with Gasteiger partial charge in [0.25, 0.3) is 0 Å². The molecule has 136 valence electrons. The Morgan fingerprint density at radius 3 is 2.62 bits per heavy atom. The summed E-state index contributed by atoms with van der Waals surface area (Å²) in [7, 11) is 3.63. The fourth-order valence-corrected chi connectivity index (χ4v) is 2.73. The topological polar surface area (TPSA) is 48.3 Å². The van der Waals surface area contributed by atoms with Crippen LogP contribution in [0.3, 0.4) is 0 Å². The molecule has 0 saturated carbocycles. The zero-order chi connectivity index (χ0) is 18.2. The Hall–Kier alpha value is -2.63. The van der Waals surface area contributed by atoms with E-state index in [1.807, 2.05) is 42.3 Å². The van der Waals surface area contributed by atoms with Gasteiger partial charge < -0.3 is 14.8 Å². The van der Waals surface area contributed by atoms with Crippen LogP contribution in [0, 0.1) is 0 Å². The molecule has 0 bridgehead atoms. The number of methoxy groups -OCH3 is 1. The van der Waals surface area contributed by atoms with Gasteiger partial charge in [-0.15, -0.1) is 0 Å². The van der Waals surface area contributed by atoms with Crippen LogP contribution >= 0.6 is 0 Å². The largest absolute Gasteiger partial charge is 0.489 e. The third-order valence-corrected chi connectivity index (χ3v) is 4.06. The average molecular weight is 351 g/mol. The predicted molar refractivity (Wildman–Crippen MR) is 103 cm³/mol. The fourth-order valence-electron chi connectivity index (χ4n) is 2.73. The van der Waals surface area contributed by atoms with E-state index in [0.29, 0.717) is 13.2 Å². The van der Waals surface area contributed by atoms with Crippen molar-refractivity contribution in [3.63, 3.8) is 0 Å². The van der Waals surface area contributed by atoms with Gasteiger partial charge in [-0.25, -0.2) is 0 Å². The van der Waals surface area contributed by atoms with E-state index in [0.717, 1.165) is 35.5 Å². The molecule has 5 heteroatoms. The Morgan fingerprint density at radius 1 is 1.04 bits per heavy atom. The second-order valence-corrected chi connectivity index (χ2v) is 6.21. The average Bonchev–Trinajstić information content (AvgIpc) is 3.11. The van der Waals surface area contributed by atoms with Gasteiger partial charge in [0.2, 0.25) is 0 Å². The van der Waals surface area contributed by atoms with Gasteiger partial charge >= 0.3 is 0 Å². The lowest BCUT2D eigenvalue weighted by molar-refractivity contribution is 0.199. The van der Waals surface area contributed by atoms with Crippen LogP contribution in [-0.2, 0) is 24.9 Å². The van der Waals surface area contributed by atoms with Gasteiger partial charge in [0.15, 0.2) is 0 Å². The van der Waals surface area contributed by atoms with Gasteiger partial charge in [-0.2, -0.15) is 5.10 Å². The van der Waals surface area contributed by atoms with Crippen molar-refractivity contribution in [2.24, 2.45) is 7.05 Å². The van der Waals surface area contributed by atoms with Gasteiger partial charge in [0, 0.05) is 39.0 Å². The van der Waals surface area contributed by atoms with Crippen LogP contribution in [0.4, 0.5) is 0 Å². The highest BCUT2D eigenvalue weighted by Crippen LogP contribution is 2.26.